The Morgan fingerprint density at radius 1 is 1.38 bits per heavy atom. The third kappa shape index (κ3) is 9.14. The second-order valence-corrected chi connectivity index (χ2v) is 7.00. The molecule has 0 bridgehead atoms. The van der Waals surface area contributed by atoms with Crippen molar-refractivity contribution in [3.05, 3.63) is 36.5 Å². The van der Waals surface area contributed by atoms with Crippen LogP contribution in [-0.4, -0.2) is 28.1 Å². The van der Waals surface area contributed by atoms with E-state index in [4.69, 9.17) is 9.22 Å². The van der Waals surface area contributed by atoms with E-state index in [1.54, 1.807) is 18.2 Å². The molecule has 0 fully saturated rings. The minimum absolute atomic E-state index is 0.0681. The highest BCUT2D eigenvalue weighted by molar-refractivity contribution is 5.94. The lowest BCUT2D eigenvalue weighted by atomic mass is 9.88. The average molecular weight is 366 g/mol. The number of carboxylic acid groups (broad SMARTS) is 1. The topological polar surface area (TPSA) is 74.6 Å². The van der Waals surface area contributed by atoms with Gasteiger partial charge in [0.2, 0.25) is 0 Å². The summed E-state index contributed by atoms with van der Waals surface area (Å²) >= 11 is 0. The number of rotatable bonds is 13. The summed E-state index contributed by atoms with van der Waals surface area (Å²) in [6, 6.07) is 0. The highest BCUT2D eigenvalue weighted by atomic mass is 16.4. The first kappa shape index (κ1) is 17.7. The predicted octanol–water partition coefficient (Wildman–Crippen LogP) is 4.69. The van der Waals surface area contributed by atoms with Crippen molar-refractivity contribution in [1.82, 2.24) is 0 Å². The van der Waals surface area contributed by atoms with E-state index in [0.717, 1.165) is 31.8 Å². The molecule has 26 heavy (non-hydrogen) atoms. The Labute approximate surface area is 161 Å². The summed E-state index contributed by atoms with van der Waals surface area (Å²) < 4.78 is 23.0. The summed E-state index contributed by atoms with van der Waals surface area (Å²) in [5.74, 6) is -1.68. The number of hydrogen-bond donors (Lipinski definition) is 2. The van der Waals surface area contributed by atoms with Gasteiger partial charge in [-0.05, 0) is 37.7 Å². The molecule has 4 atom stereocenters. The molecule has 4 heteroatoms. The Hall–Kier alpha value is -1.68. The molecule has 0 aromatic carbocycles. The van der Waals surface area contributed by atoms with Crippen molar-refractivity contribution in [2.24, 2.45) is 17.8 Å². The second kappa shape index (κ2) is 12.6. The molecule has 146 valence electrons. The molecule has 2 N–H and O–H groups in total. The molecule has 0 unspecified atom stereocenters. The summed E-state index contributed by atoms with van der Waals surface area (Å²) in [6.45, 7) is -0.0657. The average Bonchev–Trinajstić information content (AvgIpc) is 2.98. The molecule has 1 rings (SSSR count). The minimum atomic E-state index is -2.08. The number of aliphatic hydroxyl groups is 1. The number of aliphatic carboxylic acids is 1. The van der Waals surface area contributed by atoms with Crippen molar-refractivity contribution in [3.8, 4) is 0 Å². The van der Waals surface area contributed by atoms with Crippen LogP contribution in [-0.2, 0) is 9.59 Å². The standard InChI is InChI=1S/C22H34O4/c1-3-4-9-17(2)16-19(23)14-12-18-13-15-21(24)20(18)10-7-5-6-8-11-22(25)26/h8,11-15,17-20,23H,3-7,9-10,16H2,1-2H3,(H,25,26)/b11-8+,14-12+/t17-,18-,19+,20+/m0/s1/i2D3. The van der Waals surface area contributed by atoms with Gasteiger partial charge in [0.1, 0.15) is 0 Å². The molecule has 0 radical (unpaired) electrons. The van der Waals surface area contributed by atoms with Gasteiger partial charge in [0.25, 0.3) is 0 Å². The van der Waals surface area contributed by atoms with Crippen molar-refractivity contribution >= 4 is 11.8 Å². The molecule has 1 aliphatic carbocycles. The van der Waals surface area contributed by atoms with Crippen molar-refractivity contribution < 1.29 is 23.9 Å². The summed E-state index contributed by atoms with van der Waals surface area (Å²) in [5, 5.41) is 18.9. The van der Waals surface area contributed by atoms with Crippen LogP contribution in [0.1, 0.15) is 69.3 Å². The van der Waals surface area contributed by atoms with Crippen LogP contribution in [0.15, 0.2) is 36.5 Å². The fourth-order valence-electron chi connectivity index (χ4n) is 3.19. The van der Waals surface area contributed by atoms with Crippen LogP contribution in [0.4, 0.5) is 0 Å². The van der Waals surface area contributed by atoms with E-state index in [9.17, 15) is 14.7 Å². The predicted molar refractivity (Wildman–Crippen MR) is 105 cm³/mol. The molecule has 0 heterocycles. The molecular formula is C22H34O4. The first-order valence-corrected chi connectivity index (χ1v) is 9.63. The zero-order valence-corrected chi connectivity index (χ0v) is 15.6. The Bertz CT molecular complexity index is 608. The molecular weight excluding hydrogens is 328 g/mol. The monoisotopic (exact) mass is 365 g/mol. The van der Waals surface area contributed by atoms with E-state index in [1.165, 1.54) is 0 Å². The molecule has 0 saturated heterocycles. The molecule has 0 amide bonds. The molecule has 0 spiro atoms. The number of allylic oxidation sites excluding steroid dienone is 4. The molecule has 1 aliphatic rings. The van der Waals surface area contributed by atoms with Gasteiger partial charge in [-0.1, -0.05) is 63.8 Å². The number of carbonyl (C=O) groups is 2. The van der Waals surface area contributed by atoms with Gasteiger partial charge in [0, 0.05) is 22.0 Å². The van der Waals surface area contributed by atoms with E-state index in [1.807, 2.05) is 19.1 Å². The Balaban J connectivity index is 2.53. The third-order valence-electron chi connectivity index (χ3n) is 4.70. The Morgan fingerprint density at radius 2 is 2.19 bits per heavy atom. The van der Waals surface area contributed by atoms with E-state index < -0.39 is 24.8 Å². The minimum Gasteiger partial charge on any atom is -0.478 e. The zero-order chi connectivity index (χ0) is 21.9. The van der Waals surface area contributed by atoms with Crippen molar-refractivity contribution in [1.29, 1.82) is 0 Å². The smallest absolute Gasteiger partial charge is 0.327 e. The van der Waals surface area contributed by atoms with E-state index in [-0.39, 0.29) is 24.0 Å². The molecule has 0 saturated carbocycles. The summed E-state index contributed by atoms with van der Waals surface area (Å²) in [7, 11) is 0. The van der Waals surface area contributed by atoms with Crippen molar-refractivity contribution in [2.75, 3.05) is 0 Å². The van der Waals surface area contributed by atoms with E-state index in [0.29, 0.717) is 19.3 Å². The van der Waals surface area contributed by atoms with Gasteiger partial charge in [-0.25, -0.2) is 4.79 Å². The van der Waals surface area contributed by atoms with Crippen LogP contribution in [0, 0.1) is 17.8 Å². The van der Waals surface area contributed by atoms with Gasteiger partial charge in [-0.15, -0.1) is 0 Å². The summed E-state index contributed by atoms with van der Waals surface area (Å²) in [5.41, 5.74) is 0. The first-order valence-electron chi connectivity index (χ1n) is 11.1. The normalized spacial score (nSPS) is 24.7. The quantitative estimate of drug-likeness (QED) is 0.282. The van der Waals surface area contributed by atoms with E-state index >= 15 is 0 Å². The fraction of sp³-hybridized carbons (Fsp3) is 0.636. The lowest BCUT2D eigenvalue weighted by Crippen LogP contribution is -2.15. The van der Waals surface area contributed by atoms with Gasteiger partial charge in [-0.3, -0.25) is 4.79 Å². The van der Waals surface area contributed by atoms with Gasteiger partial charge in [-0.2, -0.15) is 0 Å². The van der Waals surface area contributed by atoms with Crippen molar-refractivity contribution in [2.45, 2.75) is 71.2 Å². The summed E-state index contributed by atoms with van der Waals surface area (Å²) in [4.78, 5) is 22.5. The zero-order valence-electron chi connectivity index (χ0n) is 18.6. The maximum Gasteiger partial charge on any atom is 0.327 e. The van der Waals surface area contributed by atoms with Crippen LogP contribution >= 0.6 is 0 Å². The maximum atomic E-state index is 12.1. The fourth-order valence-corrected chi connectivity index (χ4v) is 3.19. The lowest BCUT2D eigenvalue weighted by Gasteiger charge is -2.16. The van der Waals surface area contributed by atoms with Crippen LogP contribution in [0.3, 0.4) is 0 Å². The molecule has 4 nitrogen and oxygen atoms in total. The Morgan fingerprint density at radius 3 is 2.88 bits per heavy atom. The van der Waals surface area contributed by atoms with Crippen molar-refractivity contribution in [3.63, 3.8) is 0 Å². The number of aliphatic hydroxyl groups excluding tert-OH is 1. The summed E-state index contributed by atoms with van der Waals surface area (Å²) in [6.07, 6.45) is 14.2. The third-order valence-corrected chi connectivity index (χ3v) is 4.70. The van der Waals surface area contributed by atoms with Crippen LogP contribution < -0.4 is 0 Å². The first-order chi connectivity index (χ1) is 13.6. The number of carbonyl (C=O) groups excluding carboxylic acids is 1. The van der Waals surface area contributed by atoms with Crippen LogP contribution in [0.2, 0.25) is 0 Å². The number of carboxylic acids is 1. The molecule has 0 aromatic heterocycles. The van der Waals surface area contributed by atoms with Gasteiger partial charge in [0.15, 0.2) is 5.78 Å². The van der Waals surface area contributed by atoms with Gasteiger partial charge in [0.05, 0.1) is 6.10 Å². The largest absolute Gasteiger partial charge is 0.478 e. The molecule has 0 aliphatic heterocycles. The number of hydrogen-bond acceptors (Lipinski definition) is 3. The highest BCUT2D eigenvalue weighted by Gasteiger charge is 2.27. The lowest BCUT2D eigenvalue weighted by molar-refractivity contribution is -0.131. The second-order valence-electron chi connectivity index (χ2n) is 7.00. The Kier molecular flexibility index (Phi) is 8.61. The van der Waals surface area contributed by atoms with Gasteiger partial charge >= 0.3 is 5.97 Å². The number of unbranched alkanes of at least 4 members (excludes halogenated alkanes) is 3. The molecule has 0 aromatic rings. The van der Waals surface area contributed by atoms with Crippen LogP contribution in [0.5, 0.6) is 0 Å². The SMILES string of the molecule is [2H]C([2H])([2H])[C@@H](CCCC)C[C@H](O)/C=C/[C@H]1C=CC(=O)[C@@H]1CCCC/C=C/C(=O)O. The maximum absolute atomic E-state index is 12.1. The highest BCUT2D eigenvalue weighted by Crippen LogP contribution is 2.29. The van der Waals surface area contributed by atoms with Gasteiger partial charge < -0.3 is 10.2 Å². The van der Waals surface area contributed by atoms with Crippen LogP contribution in [0.25, 0.3) is 0 Å². The van der Waals surface area contributed by atoms with E-state index in [2.05, 4.69) is 0 Å². The number of ketones is 1.